The van der Waals surface area contributed by atoms with Crippen molar-refractivity contribution >= 4 is 11.8 Å². The van der Waals surface area contributed by atoms with Gasteiger partial charge in [-0.05, 0) is 47.6 Å². The molecule has 2 aromatic rings. The molecule has 1 aliphatic heterocycles. The largest absolute Gasteiger partial charge is 0.481 e. The highest BCUT2D eigenvalue weighted by atomic mass is 16.5. The molecule has 1 aliphatic rings. The number of ether oxygens (including phenoxy) is 2. The van der Waals surface area contributed by atoms with E-state index in [2.05, 4.69) is 37.4 Å². The van der Waals surface area contributed by atoms with Crippen molar-refractivity contribution in [3.8, 4) is 5.75 Å². The molecule has 0 spiro atoms. The smallest absolute Gasteiger partial charge is 0.261 e. The van der Waals surface area contributed by atoms with E-state index in [-0.39, 0.29) is 17.9 Å². The lowest BCUT2D eigenvalue weighted by Gasteiger charge is -2.38. The Morgan fingerprint density at radius 3 is 2.58 bits per heavy atom. The van der Waals surface area contributed by atoms with Gasteiger partial charge in [0.1, 0.15) is 5.75 Å². The Balaban J connectivity index is 1.90. The Labute approximate surface area is 197 Å². The molecule has 0 bridgehead atoms. The van der Waals surface area contributed by atoms with E-state index >= 15 is 0 Å². The van der Waals surface area contributed by atoms with Crippen molar-refractivity contribution in [3.05, 3.63) is 65.2 Å². The van der Waals surface area contributed by atoms with Crippen molar-refractivity contribution in [2.24, 2.45) is 5.92 Å². The van der Waals surface area contributed by atoms with Gasteiger partial charge in [0.15, 0.2) is 6.10 Å². The average molecular weight is 453 g/mol. The molecule has 2 aromatic carbocycles. The van der Waals surface area contributed by atoms with Crippen molar-refractivity contribution in [2.75, 3.05) is 26.8 Å². The Morgan fingerprint density at radius 1 is 1.15 bits per heavy atom. The zero-order valence-electron chi connectivity index (χ0n) is 20.2. The minimum Gasteiger partial charge on any atom is -0.481 e. The molecule has 33 heavy (non-hydrogen) atoms. The first-order chi connectivity index (χ1) is 15.9. The van der Waals surface area contributed by atoms with Crippen LogP contribution in [0, 0.1) is 5.92 Å². The maximum Gasteiger partial charge on any atom is 0.261 e. The molecule has 0 radical (unpaired) electrons. The SMILES string of the molecule is CC[C@H](Oc1ccc2c(c1)[C@H](c1ccccc1)N(C(=O)CC(C)C)CC2)C(=O)NCCOC. The van der Waals surface area contributed by atoms with E-state index in [9.17, 15) is 9.59 Å². The monoisotopic (exact) mass is 452 g/mol. The van der Waals surface area contributed by atoms with E-state index in [1.54, 1.807) is 7.11 Å². The van der Waals surface area contributed by atoms with Gasteiger partial charge in [0.05, 0.1) is 12.6 Å². The molecule has 0 saturated heterocycles. The molecule has 3 rings (SSSR count). The summed E-state index contributed by atoms with van der Waals surface area (Å²) in [5.74, 6) is 0.953. The van der Waals surface area contributed by atoms with Gasteiger partial charge >= 0.3 is 0 Å². The van der Waals surface area contributed by atoms with Crippen LogP contribution in [0.15, 0.2) is 48.5 Å². The van der Waals surface area contributed by atoms with Crippen LogP contribution in [0.25, 0.3) is 0 Å². The van der Waals surface area contributed by atoms with Gasteiger partial charge in [-0.3, -0.25) is 9.59 Å². The number of hydrogen-bond acceptors (Lipinski definition) is 4. The average Bonchev–Trinajstić information content (AvgIpc) is 2.81. The molecule has 6 nitrogen and oxygen atoms in total. The van der Waals surface area contributed by atoms with Crippen LogP contribution in [0.2, 0.25) is 0 Å². The second kappa shape index (κ2) is 11.8. The quantitative estimate of drug-likeness (QED) is 0.551. The highest BCUT2D eigenvalue weighted by Crippen LogP contribution is 2.38. The molecule has 0 aliphatic carbocycles. The molecule has 0 aromatic heterocycles. The van der Waals surface area contributed by atoms with E-state index in [4.69, 9.17) is 9.47 Å². The van der Waals surface area contributed by atoms with Gasteiger partial charge in [-0.15, -0.1) is 0 Å². The molecule has 0 saturated carbocycles. The van der Waals surface area contributed by atoms with Crippen LogP contribution in [-0.4, -0.2) is 49.6 Å². The second-order valence-corrected chi connectivity index (χ2v) is 8.91. The Morgan fingerprint density at radius 2 is 1.91 bits per heavy atom. The summed E-state index contributed by atoms with van der Waals surface area (Å²) in [6.07, 6.45) is 1.29. The molecule has 2 amide bonds. The fraction of sp³-hybridized carbons (Fsp3) is 0.481. The summed E-state index contributed by atoms with van der Waals surface area (Å²) in [7, 11) is 1.60. The molecule has 2 atom stereocenters. The Bertz CT molecular complexity index is 929. The van der Waals surface area contributed by atoms with E-state index in [0.717, 1.165) is 17.5 Å². The summed E-state index contributed by atoms with van der Waals surface area (Å²) in [6.45, 7) is 7.67. The second-order valence-electron chi connectivity index (χ2n) is 8.91. The van der Waals surface area contributed by atoms with Crippen LogP contribution in [0.1, 0.15) is 56.3 Å². The number of nitrogens with one attached hydrogen (secondary N) is 1. The van der Waals surface area contributed by atoms with Crippen molar-refractivity contribution in [1.82, 2.24) is 10.2 Å². The maximum atomic E-state index is 13.2. The third-order valence-corrected chi connectivity index (χ3v) is 5.91. The summed E-state index contributed by atoms with van der Waals surface area (Å²) in [5.41, 5.74) is 3.36. The minimum atomic E-state index is -0.586. The lowest BCUT2D eigenvalue weighted by atomic mass is 9.87. The standard InChI is InChI=1S/C27H36N2O4/c1-5-24(27(31)28-14-16-32-4)33-22-12-11-20-13-15-29(25(30)17-19(2)3)26(23(20)18-22)21-9-7-6-8-10-21/h6-12,18-19,24,26H,5,13-17H2,1-4H3,(H,28,31)/t24-,26-/m0/s1. The first kappa shape index (κ1) is 24.8. The lowest BCUT2D eigenvalue weighted by molar-refractivity contribution is -0.134. The molecule has 0 fully saturated rings. The number of benzene rings is 2. The summed E-state index contributed by atoms with van der Waals surface area (Å²) in [5, 5.41) is 2.85. The van der Waals surface area contributed by atoms with E-state index in [1.807, 2.05) is 42.2 Å². The fourth-order valence-corrected chi connectivity index (χ4v) is 4.27. The van der Waals surface area contributed by atoms with Gasteiger partial charge in [-0.1, -0.05) is 57.2 Å². The third kappa shape index (κ3) is 6.35. The third-order valence-electron chi connectivity index (χ3n) is 5.91. The van der Waals surface area contributed by atoms with E-state index in [1.165, 1.54) is 5.56 Å². The zero-order valence-corrected chi connectivity index (χ0v) is 20.2. The van der Waals surface area contributed by atoms with Crippen LogP contribution < -0.4 is 10.1 Å². The van der Waals surface area contributed by atoms with E-state index in [0.29, 0.717) is 44.2 Å². The highest BCUT2D eigenvalue weighted by molar-refractivity contribution is 5.81. The first-order valence-electron chi connectivity index (χ1n) is 11.8. The number of carbonyl (C=O) groups is 2. The summed E-state index contributed by atoms with van der Waals surface area (Å²) >= 11 is 0. The topological polar surface area (TPSA) is 67.9 Å². The van der Waals surface area contributed by atoms with Crippen LogP contribution in [0.3, 0.4) is 0 Å². The van der Waals surface area contributed by atoms with Gasteiger partial charge < -0.3 is 19.7 Å². The number of hydrogen-bond donors (Lipinski definition) is 1. The zero-order chi connectivity index (χ0) is 23.8. The predicted octanol–water partition coefficient (Wildman–Crippen LogP) is 4.13. The summed E-state index contributed by atoms with van der Waals surface area (Å²) in [6, 6.07) is 16.0. The Hall–Kier alpha value is -2.86. The lowest BCUT2D eigenvalue weighted by Crippen LogP contribution is -2.41. The summed E-state index contributed by atoms with van der Waals surface area (Å²) < 4.78 is 11.1. The molecule has 1 heterocycles. The molecule has 178 valence electrons. The predicted molar refractivity (Wildman–Crippen MR) is 129 cm³/mol. The highest BCUT2D eigenvalue weighted by Gasteiger charge is 2.32. The van der Waals surface area contributed by atoms with Crippen molar-refractivity contribution < 1.29 is 19.1 Å². The van der Waals surface area contributed by atoms with Crippen molar-refractivity contribution in [3.63, 3.8) is 0 Å². The van der Waals surface area contributed by atoms with Crippen molar-refractivity contribution in [2.45, 2.75) is 52.2 Å². The van der Waals surface area contributed by atoms with Crippen LogP contribution >= 0.6 is 0 Å². The molecular weight excluding hydrogens is 416 g/mol. The molecule has 1 N–H and O–H groups in total. The molecular formula is C27H36N2O4. The van der Waals surface area contributed by atoms with Gasteiger partial charge in [-0.2, -0.15) is 0 Å². The number of amides is 2. The number of carbonyl (C=O) groups excluding carboxylic acids is 2. The van der Waals surface area contributed by atoms with Crippen LogP contribution in [0.4, 0.5) is 0 Å². The molecule has 6 heteroatoms. The molecule has 0 unspecified atom stereocenters. The van der Waals surface area contributed by atoms with Gasteiger partial charge in [0.2, 0.25) is 5.91 Å². The first-order valence-corrected chi connectivity index (χ1v) is 11.8. The van der Waals surface area contributed by atoms with E-state index < -0.39 is 6.10 Å². The Kier molecular flexibility index (Phi) is 8.89. The normalized spacial score (nSPS) is 16.3. The number of fused-ring (bicyclic) bond motifs is 1. The number of nitrogens with zero attached hydrogens (tertiary/aromatic N) is 1. The van der Waals surface area contributed by atoms with Crippen molar-refractivity contribution in [1.29, 1.82) is 0 Å². The number of methoxy groups -OCH3 is 1. The minimum absolute atomic E-state index is 0.152. The van der Waals surface area contributed by atoms with Gasteiger partial charge in [0.25, 0.3) is 5.91 Å². The fourth-order valence-electron chi connectivity index (χ4n) is 4.27. The van der Waals surface area contributed by atoms with Gasteiger partial charge in [-0.25, -0.2) is 0 Å². The maximum absolute atomic E-state index is 13.2. The van der Waals surface area contributed by atoms with Gasteiger partial charge in [0, 0.05) is 26.6 Å². The van der Waals surface area contributed by atoms with Crippen LogP contribution in [-0.2, 0) is 20.7 Å². The number of rotatable bonds is 10. The van der Waals surface area contributed by atoms with Crippen LogP contribution in [0.5, 0.6) is 5.75 Å². The summed E-state index contributed by atoms with van der Waals surface area (Å²) in [4.78, 5) is 27.7.